The van der Waals surface area contributed by atoms with Crippen molar-refractivity contribution in [3.63, 3.8) is 0 Å². The maximum absolute atomic E-state index is 13.0. The van der Waals surface area contributed by atoms with E-state index in [-0.39, 0.29) is 11.8 Å². The number of benzene rings is 1. The van der Waals surface area contributed by atoms with Crippen LogP contribution < -0.4 is 5.73 Å². The fourth-order valence-electron chi connectivity index (χ4n) is 1.26. The van der Waals surface area contributed by atoms with E-state index in [4.69, 9.17) is 5.73 Å². The van der Waals surface area contributed by atoms with Crippen LogP contribution in [0.2, 0.25) is 0 Å². The van der Waals surface area contributed by atoms with Gasteiger partial charge in [0.2, 0.25) is 0 Å². The summed E-state index contributed by atoms with van der Waals surface area (Å²) in [5.74, 6) is -0.918. The number of rotatable bonds is 2. The van der Waals surface area contributed by atoms with Crippen LogP contribution in [0, 0.1) is 12.7 Å². The smallest absolute Gasteiger partial charge is 0.165 e. The van der Waals surface area contributed by atoms with Gasteiger partial charge in [0.05, 0.1) is 0 Å². The molecule has 0 spiro atoms. The van der Waals surface area contributed by atoms with Crippen molar-refractivity contribution >= 4 is 0 Å². The van der Waals surface area contributed by atoms with Crippen molar-refractivity contribution in [2.75, 3.05) is 0 Å². The summed E-state index contributed by atoms with van der Waals surface area (Å²) in [5.41, 5.74) is 6.96. The van der Waals surface area contributed by atoms with E-state index in [1.807, 2.05) is 6.92 Å². The molecule has 0 aromatic heterocycles. The summed E-state index contributed by atoms with van der Waals surface area (Å²) < 4.78 is 13.0. The van der Waals surface area contributed by atoms with E-state index in [2.05, 4.69) is 0 Å². The Bertz CT molecular complexity index is 312. The molecule has 72 valence electrons. The van der Waals surface area contributed by atoms with Gasteiger partial charge in [0, 0.05) is 11.6 Å². The molecule has 0 radical (unpaired) electrons. The third kappa shape index (κ3) is 1.98. The monoisotopic (exact) mass is 183 g/mol. The molecule has 0 unspecified atom stereocenters. The van der Waals surface area contributed by atoms with E-state index in [9.17, 15) is 9.50 Å². The molecule has 3 heteroatoms. The normalized spacial score (nSPS) is 12.9. The first-order valence-corrected chi connectivity index (χ1v) is 4.30. The Morgan fingerprint density at radius 3 is 2.69 bits per heavy atom. The van der Waals surface area contributed by atoms with Gasteiger partial charge in [-0.25, -0.2) is 4.39 Å². The topological polar surface area (TPSA) is 46.2 Å². The maximum atomic E-state index is 13.0. The summed E-state index contributed by atoms with van der Waals surface area (Å²) in [6, 6.07) is 2.71. The van der Waals surface area contributed by atoms with Crippen molar-refractivity contribution in [1.29, 1.82) is 0 Å². The Morgan fingerprint density at radius 2 is 2.15 bits per heavy atom. The molecule has 0 aliphatic rings. The fourth-order valence-corrected chi connectivity index (χ4v) is 1.26. The lowest BCUT2D eigenvalue weighted by Crippen LogP contribution is -2.09. The zero-order chi connectivity index (χ0) is 10.0. The van der Waals surface area contributed by atoms with Crippen molar-refractivity contribution in [1.82, 2.24) is 0 Å². The third-order valence-electron chi connectivity index (χ3n) is 2.08. The quantitative estimate of drug-likeness (QED) is 0.738. The zero-order valence-electron chi connectivity index (χ0n) is 7.84. The van der Waals surface area contributed by atoms with Crippen LogP contribution in [0.5, 0.6) is 5.75 Å². The number of aromatic hydroxyl groups is 1. The lowest BCUT2D eigenvalue weighted by Gasteiger charge is -2.12. The van der Waals surface area contributed by atoms with Gasteiger partial charge >= 0.3 is 0 Å². The minimum absolute atomic E-state index is 0.297. The van der Waals surface area contributed by atoms with E-state index >= 15 is 0 Å². The van der Waals surface area contributed by atoms with Gasteiger partial charge in [-0.3, -0.25) is 0 Å². The van der Waals surface area contributed by atoms with E-state index in [0.717, 1.165) is 5.56 Å². The summed E-state index contributed by atoms with van der Waals surface area (Å²) in [7, 11) is 0. The van der Waals surface area contributed by atoms with Crippen LogP contribution in [0.4, 0.5) is 4.39 Å². The first-order valence-electron chi connectivity index (χ1n) is 4.30. The van der Waals surface area contributed by atoms with E-state index in [1.54, 1.807) is 13.0 Å². The summed E-state index contributed by atoms with van der Waals surface area (Å²) in [5, 5.41) is 9.37. The number of hydrogen-bond acceptors (Lipinski definition) is 2. The van der Waals surface area contributed by atoms with Gasteiger partial charge in [0.25, 0.3) is 0 Å². The van der Waals surface area contributed by atoms with Gasteiger partial charge in [-0.05, 0) is 25.0 Å². The van der Waals surface area contributed by atoms with Crippen LogP contribution in [0.3, 0.4) is 0 Å². The van der Waals surface area contributed by atoms with E-state index in [0.29, 0.717) is 12.0 Å². The third-order valence-corrected chi connectivity index (χ3v) is 2.08. The Kier molecular flexibility index (Phi) is 2.88. The van der Waals surface area contributed by atoms with Crippen molar-refractivity contribution < 1.29 is 9.50 Å². The Labute approximate surface area is 77.2 Å². The van der Waals surface area contributed by atoms with Crippen LogP contribution in [0.1, 0.15) is 30.5 Å². The average Bonchev–Trinajstić information content (AvgIpc) is 2.10. The zero-order valence-corrected chi connectivity index (χ0v) is 7.84. The second kappa shape index (κ2) is 3.75. The maximum Gasteiger partial charge on any atom is 0.165 e. The molecule has 1 aromatic rings. The van der Waals surface area contributed by atoms with Crippen molar-refractivity contribution in [3.05, 3.63) is 29.1 Å². The molecule has 0 fully saturated rings. The molecule has 0 heterocycles. The highest BCUT2D eigenvalue weighted by Crippen LogP contribution is 2.28. The SMILES string of the molecule is CC[C@@H](N)c1cc(C)cc(F)c1O. The minimum atomic E-state index is -0.598. The van der Waals surface area contributed by atoms with Crippen molar-refractivity contribution in [3.8, 4) is 5.75 Å². The highest BCUT2D eigenvalue weighted by Gasteiger charge is 2.13. The summed E-state index contributed by atoms with van der Waals surface area (Å²) >= 11 is 0. The molecule has 1 atom stereocenters. The number of hydrogen-bond donors (Lipinski definition) is 2. The summed E-state index contributed by atoms with van der Waals surface area (Å²) in [6.07, 6.45) is 0.677. The lowest BCUT2D eigenvalue weighted by atomic mass is 10.0. The van der Waals surface area contributed by atoms with Crippen LogP contribution in [-0.2, 0) is 0 Å². The molecular weight excluding hydrogens is 169 g/mol. The largest absolute Gasteiger partial charge is 0.505 e. The van der Waals surface area contributed by atoms with Crippen LogP contribution in [0.15, 0.2) is 12.1 Å². The second-order valence-corrected chi connectivity index (χ2v) is 3.20. The lowest BCUT2D eigenvalue weighted by molar-refractivity contribution is 0.419. The van der Waals surface area contributed by atoms with Gasteiger partial charge in [0.15, 0.2) is 11.6 Å². The summed E-state index contributed by atoms with van der Waals surface area (Å²) in [6.45, 7) is 3.67. The average molecular weight is 183 g/mol. The molecule has 0 saturated heterocycles. The number of phenols is 1. The highest BCUT2D eigenvalue weighted by atomic mass is 19.1. The van der Waals surface area contributed by atoms with Gasteiger partial charge in [0.1, 0.15) is 0 Å². The predicted octanol–water partition coefficient (Wildman–Crippen LogP) is 2.25. The molecule has 2 nitrogen and oxygen atoms in total. The minimum Gasteiger partial charge on any atom is -0.505 e. The van der Waals surface area contributed by atoms with Gasteiger partial charge < -0.3 is 10.8 Å². The number of phenolic OH excluding ortho intramolecular Hbond substituents is 1. The second-order valence-electron chi connectivity index (χ2n) is 3.20. The van der Waals surface area contributed by atoms with E-state index < -0.39 is 5.82 Å². The van der Waals surface area contributed by atoms with E-state index in [1.165, 1.54) is 6.07 Å². The highest BCUT2D eigenvalue weighted by molar-refractivity contribution is 5.39. The molecule has 0 aliphatic heterocycles. The number of nitrogens with two attached hydrogens (primary N) is 1. The molecule has 1 rings (SSSR count). The first-order chi connectivity index (χ1) is 6.06. The Morgan fingerprint density at radius 1 is 1.54 bits per heavy atom. The van der Waals surface area contributed by atoms with Crippen molar-refractivity contribution in [2.24, 2.45) is 5.73 Å². The van der Waals surface area contributed by atoms with Gasteiger partial charge in [-0.2, -0.15) is 0 Å². The standard InChI is InChI=1S/C10H14FNO/c1-3-9(12)7-4-6(2)5-8(11)10(7)13/h4-5,9,13H,3,12H2,1-2H3/t9-/m1/s1. The first kappa shape index (κ1) is 9.99. The molecule has 0 bridgehead atoms. The van der Waals surface area contributed by atoms with Crippen LogP contribution in [-0.4, -0.2) is 5.11 Å². The van der Waals surface area contributed by atoms with Gasteiger partial charge in [-0.15, -0.1) is 0 Å². The molecule has 1 aromatic carbocycles. The molecular formula is C10H14FNO. The molecule has 0 saturated carbocycles. The van der Waals surface area contributed by atoms with Crippen molar-refractivity contribution in [2.45, 2.75) is 26.3 Å². The molecule has 3 N–H and O–H groups in total. The van der Waals surface area contributed by atoms with Gasteiger partial charge in [-0.1, -0.05) is 13.0 Å². The van der Waals surface area contributed by atoms with Crippen LogP contribution in [0.25, 0.3) is 0 Å². The summed E-state index contributed by atoms with van der Waals surface area (Å²) in [4.78, 5) is 0. The fraction of sp³-hybridized carbons (Fsp3) is 0.400. The Hall–Kier alpha value is -1.09. The number of halogens is 1. The molecule has 0 amide bonds. The van der Waals surface area contributed by atoms with Crippen LogP contribution >= 0.6 is 0 Å². The predicted molar refractivity (Wildman–Crippen MR) is 50.0 cm³/mol. The molecule has 0 aliphatic carbocycles. The Balaban J connectivity index is 3.20. The molecule has 13 heavy (non-hydrogen) atoms. The number of aryl methyl sites for hydroxylation is 1.